The van der Waals surface area contributed by atoms with Crippen LogP contribution in [0.15, 0.2) is 40.1 Å². The molecular weight excluding hydrogens is 430 g/mol. The molecule has 1 atom stereocenters. The van der Waals surface area contributed by atoms with Gasteiger partial charge in [-0.05, 0) is 53.1 Å². The van der Waals surface area contributed by atoms with Gasteiger partial charge in [0.2, 0.25) is 5.82 Å². The molecule has 6 nitrogen and oxygen atoms in total. The first-order valence-electron chi connectivity index (χ1n) is 7.22. The van der Waals surface area contributed by atoms with Crippen molar-refractivity contribution in [2.45, 2.75) is 19.4 Å². The number of aromatic amines is 1. The van der Waals surface area contributed by atoms with Crippen LogP contribution in [0.25, 0.3) is 0 Å². The van der Waals surface area contributed by atoms with Gasteiger partial charge in [0, 0.05) is 10.1 Å². The van der Waals surface area contributed by atoms with Crippen LogP contribution in [0.2, 0.25) is 0 Å². The van der Waals surface area contributed by atoms with E-state index in [0.29, 0.717) is 12.8 Å². The average Bonchev–Trinajstić information content (AvgIpc) is 2.56. The lowest BCUT2D eigenvalue weighted by atomic mass is 9.99. The number of methoxy groups -OCH3 is 1. The summed E-state index contributed by atoms with van der Waals surface area (Å²) < 4.78 is 20.2. The molecule has 0 aliphatic rings. The zero-order chi connectivity index (χ0) is 17.7. The summed E-state index contributed by atoms with van der Waals surface area (Å²) in [6, 6.07) is 7.85. The van der Waals surface area contributed by atoms with E-state index in [9.17, 15) is 18.8 Å². The molecule has 2 rings (SSSR count). The summed E-state index contributed by atoms with van der Waals surface area (Å²) in [5.41, 5.74) is -0.793. The summed E-state index contributed by atoms with van der Waals surface area (Å²) in [5.74, 6) is -2.19. The molecule has 0 amide bonds. The van der Waals surface area contributed by atoms with Crippen molar-refractivity contribution in [2.24, 2.45) is 5.92 Å². The number of hydrogen-bond donors (Lipinski definition) is 1. The van der Waals surface area contributed by atoms with E-state index in [1.54, 1.807) is 0 Å². The maximum atomic E-state index is 13.4. The molecule has 128 valence electrons. The number of H-pyrrole nitrogens is 1. The molecule has 1 aromatic carbocycles. The van der Waals surface area contributed by atoms with Crippen molar-refractivity contribution in [2.75, 3.05) is 7.11 Å². The number of ether oxygens (including phenoxy) is 1. The number of halogens is 2. The van der Waals surface area contributed by atoms with Gasteiger partial charge < -0.3 is 4.74 Å². The smallest absolute Gasteiger partial charge is 0.328 e. The maximum absolute atomic E-state index is 13.4. The molecule has 0 saturated carbocycles. The van der Waals surface area contributed by atoms with Crippen molar-refractivity contribution in [3.8, 4) is 0 Å². The lowest BCUT2D eigenvalue weighted by molar-refractivity contribution is -0.146. The Hall–Kier alpha value is -1.97. The Labute approximate surface area is 150 Å². The summed E-state index contributed by atoms with van der Waals surface area (Å²) in [4.78, 5) is 36.6. The molecule has 0 saturated heterocycles. The monoisotopic (exact) mass is 446 g/mol. The van der Waals surface area contributed by atoms with E-state index < -0.39 is 29.0 Å². The minimum Gasteiger partial charge on any atom is -0.469 e. The van der Waals surface area contributed by atoms with Gasteiger partial charge >= 0.3 is 11.7 Å². The predicted octanol–water partition coefficient (Wildman–Crippen LogP) is 1.70. The number of carbonyl (C=O) groups excluding carboxylic acids is 1. The molecular formula is C16H16FIN2O4. The van der Waals surface area contributed by atoms with Gasteiger partial charge in [-0.15, -0.1) is 0 Å². The van der Waals surface area contributed by atoms with E-state index in [2.05, 4.69) is 22.6 Å². The number of rotatable bonds is 6. The lowest BCUT2D eigenvalue weighted by Crippen LogP contribution is -2.35. The van der Waals surface area contributed by atoms with E-state index in [0.717, 1.165) is 19.9 Å². The lowest BCUT2D eigenvalue weighted by Gasteiger charge is -2.16. The molecule has 0 aliphatic heterocycles. The number of hydrogen-bond acceptors (Lipinski definition) is 4. The fraction of sp³-hybridized carbons (Fsp3) is 0.312. The number of esters is 1. The molecule has 0 fully saturated rings. The number of carbonyl (C=O) groups is 1. The number of nitrogens with zero attached hydrogens (tertiary/aromatic N) is 1. The van der Waals surface area contributed by atoms with Crippen molar-refractivity contribution in [3.05, 3.63) is 66.3 Å². The highest BCUT2D eigenvalue weighted by Gasteiger charge is 2.21. The van der Waals surface area contributed by atoms with Crippen molar-refractivity contribution in [3.63, 3.8) is 0 Å². The van der Waals surface area contributed by atoms with Crippen molar-refractivity contribution in [1.82, 2.24) is 9.55 Å². The quantitative estimate of drug-likeness (QED) is 0.541. The normalized spacial score (nSPS) is 12.0. The molecule has 1 N–H and O–H groups in total. The topological polar surface area (TPSA) is 81.2 Å². The molecule has 8 heteroatoms. The number of aryl methyl sites for hydroxylation is 1. The minimum absolute atomic E-state index is 0.0659. The van der Waals surface area contributed by atoms with Gasteiger partial charge in [-0.2, -0.15) is 4.39 Å². The van der Waals surface area contributed by atoms with Crippen LogP contribution in [0.3, 0.4) is 0 Å². The highest BCUT2D eigenvalue weighted by Crippen LogP contribution is 2.15. The second-order valence-electron chi connectivity index (χ2n) is 5.27. The highest BCUT2D eigenvalue weighted by atomic mass is 127. The van der Waals surface area contributed by atoms with Crippen molar-refractivity contribution < 1.29 is 13.9 Å². The van der Waals surface area contributed by atoms with Gasteiger partial charge in [-0.25, -0.2) is 4.79 Å². The second kappa shape index (κ2) is 8.22. The summed E-state index contributed by atoms with van der Waals surface area (Å²) in [6.07, 6.45) is 1.85. The Kier molecular flexibility index (Phi) is 6.29. The van der Waals surface area contributed by atoms with E-state index in [-0.39, 0.29) is 6.54 Å². The zero-order valence-corrected chi connectivity index (χ0v) is 15.1. The average molecular weight is 446 g/mol. The van der Waals surface area contributed by atoms with Crippen LogP contribution in [0, 0.1) is 15.3 Å². The van der Waals surface area contributed by atoms with Gasteiger partial charge in [-0.3, -0.25) is 19.1 Å². The van der Waals surface area contributed by atoms with E-state index in [4.69, 9.17) is 4.74 Å². The van der Waals surface area contributed by atoms with Gasteiger partial charge in [0.15, 0.2) is 0 Å². The fourth-order valence-corrected chi connectivity index (χ4v) is 2.66. The molecule has 24 heavy (non-hydrogen) atoms. The van der Waals surface area contributed by atoms with Crippen LogP contribution in [-0.4, -0.2) is 22.6 Å². The number of nitrogens with one attached hydrogen (secondary N) is 1. The van der Waals surface area contributed by atoms with Crippen LogP contribution in [0.5, 0.6) is 0 Å². The Balaban J connectivity index is 2.15. The van der Waals surface area contributed by atoms with E-state index in [1.807, 2.05) is 29.2 Å². The summed E-state index contributed by atoms with van der Waals surface area (Å²) >= 11 is 2.20. The summed E-state index contributed by atoms with van der Waals surface area (Å²) in [6.45, 7) is -0.0659. The molecule has 1 unspecified atom stereocenters. The van der Waals surface area contributed by atoms with Gasteiger partial charge in [-0.1, -0.05) is 12.1 Å². The third-order valence-corrected chi connectivity index (χ3v) is 4.33. The molecule has 0 aliphatic carbocycles. The second-order valence-corrected chi connectivity index (χ2v) is 6.52. The van der Waals surface area contributed by atoms with Crippen LogP contribution in [0.4, 0.5) is 4.39 Å². The zero-order valence-electron chi connectivity index (χ0n) is 12.9. The Morgan fingerprint density at radius 1 is 1.33 bits per heavy atom. The minimum atomic E-state index is -1.08. The van der Waals surface area contributed by atoms with Crippen LogP contribution in [-0.2, 0) is 22.5 Å². The first kappa shape index (κ1) is 18.4. The summed E-state index contributed by atoms with van der Waals surface area (Å²) in [7, 11) is 1.26. The highest BCUT2D eigenvalue weighted by molar-refractivity contribution is 14.1. The molecule has 0 radical (unpaired) electrons. The largest absolute Gasteiger partial charge is 0.469 e. The number of aromatic nitrogens is 2. The molecule has 1 heterocycles. The van der Waals surface area contributed by atoms with Gasteiger partial charge in [0.25, 0.3) is 5.56 Å². The van der Waals surface area contributed by atoms with Crippen molar-refractivity contribution >= 4 is 28.6 Å². The van der Waals surface area contributed by atoms with Crippen LogP contribution < -0.4 is 11.2 Å². The third kappa shape index (κ3) is 4.76. The SMILES string of the molecule is COC(=O)C(CCc1ccc(I)cc1)Cn1cc(F)c(=O)[nH]c1=O. The Morgan fingerprint density at radius 2 is 2.00 bits per heavy atom. The van der Waals surface area contributed by atoms with E-state index in [1.165, 1.54) is 7.11 Å². The van der Waals surface area contributed by atoms with Crippen molar-refractivity contribution in [1.29, 1.82) is 0 Å². The first-order chi connectivity index (χ1) is 11.4. The predicted molar refractivity (Wildman–Crippen MR) is 94.3 cm³/mol. The molecule has 1 aromatic heterocycles. The van der Waals surface area contributed by atoms with Crippen LogP contribution in [0.1, 0.15) is 12.0 Å². The molecule has 0 spiro atoms. The Morgan fingerprint density at radius 3 is 2.62 bits per heavy atom. The first-order valence-corrected chi connectivity index (χ1v) is 8.30. The number of benzene rings is 1. The maximum Gasteiger partial charge on any atom is 0.328 e. The van der Waals surface area contributed by atoms with Gasteiger partial charge in [0.05, 0.1) is 19.2 Å². The molecule has 0 bridgehead atoms. The summed E-state index contributed by atoms with van der Waals surface area (Å²) in [5, 5.41) is 0. The Bertz CT molecular complexity index is 829. The van der Waals surface area contributed by atoms with Crippen LogP contribution >= 0.6 is 22.6 Å². The van der Waals surface area contributed by atoms with E-state index >= 15 is 0 Å². The standard InChI is InChI=1S/C16H16FIN2O4/c1-24-15(22)11(5-2-10-3-6-12(18)7-4-10)8-20-9-13(17)14(21)19-16(20)23/h3-4,6-7,9,11H,2,5,8H2,1H3,(H,19,21,23). The fourth-order valence-electron chi connectivity index (χ4n) is 2.30. The van der Waals surface area contributed by atoms with Gasteiger partial charge in [0.1, 0.15) is 0 Å². The molecule has 2 aromatic rings. The third-order valence-electron chi connectivity index (χ3n) is 3.61.